The molecule has 0 spiro atoms. The van der Waals surface area contributed by atoms with Gasteiger partial charge in [0.25, 0.3) is 0 Å². The molecule has 0 aliphatic rings. The molecular weight excluding hydrogens is 358 g/mol. The Labute approximate surface area is 153 Å². The number of hydrogen-bond acceptors (Lipinski definition) is 5. The molecule has 0 fully saturated rings. The van der Waals surface area contributed by atoms with Crippen LogP contribution in [0, 0.1) is 20.8 Å². The van der Waals surface area contributed by atoms with Gasteiger partial charge in [0.15, 0.2) is 0 Å². The molecule has 1 aromatic heterocycles. The molecular formula is C17H23N3O3S2. The van der Waals surface area contributed by atoms with Gasteiger partial charge in [0.05, 0.1) is 17.6 Å². The third kappa shape index (κ3) is 4.64. The van der Waals surface area contributed by atoms with Gasteiger partial charge in [-0.05, 0) is 32.9 Å². The van der Waals surface area contributed by atoms with Gasteiger partial charge in [-0.25, -0.2) is 12.7 Å². The zero-order valence-electron chi connectivity index (χ0n) is 15.1. The molecule has 6 nitrogen and oxygen atoms in total. The standard InChI is InChI=1S/C17H23N3O3S2/c1-12-6-8-15(9-7-12)24-11-10-16(21)20(25(5,22)23)17-13(2)18-19(4)14(17)3/h6-9H,10-11H2,1-5H3. The number of hydrogen-bond donors (Lipinski definition) is 0. The monoisotopic (exact) mass is 381 g/mol. The van der Waals surface area contributed by atoms with E-state index in [4.69, 9.17) is 0 Å². The first-order valence-electron chi connectivity index (χ1n) is 7.84. The molecule has 25 heavy (non-hydrogen) atoms. The molecule has 0 N–H and O–H groups in total. The number of aryl methyl sites for hydroxylation is 3. The van der Waals surface area contributed by atoms with E-state index in [2.05, 4.69) is 5.10 Å². The Balaban J connectivity index is 2.16. The number of carbonyl (C=O) groups excluding carboxylic acids is 1. The highest BCUT2D eigenvalue weighted by atomic mass is 32.2. The molecule has 0 aliphatic carbocycles. The fraction of sp³-hybridized carbons (Fsp3) is 0.412. The minimum atomic E-state index is -3.73. The molecule has 1 heterocycles. The summed E-state index contributed by atoms with van der Waals surface area (Å²) in [6.45, 7) is 5.47. The van der Waals surface area contributed by atoms with E-state index in [1.807, 2.05) is 31.2 Å². The number of nitrogens with zero attached hydrogens (tertiary/aromatic N) is 3. The Morgan fingerprint density at radius 3 is 2.28 bits per heavy atom. The van der Waals surface area contributed by atoms with E-state index in [0.29, 0.717) is 22.8 Å². The van der Waals surface area contributed by atoms with E-state index in [1.165, 1.54) is 17.3 Å². The van der Waals surface area contributed by atoms with E-state index in [-0.39, 0.29) is 6.42 Å². The molecule has 0 atom stereocenters. The van der Waals surface area contributed by atoms with Crippen LogP contribution in [0.25, 0.3) is 0 Å². The second-order valence-corrected chi connectivity index (χ2v) is 8.98. The highest BCUT2D eigenvalue weighted by molar-refractivity contribution is 7.99. The van der Waals surface area contributed by atoms with E-state index >= 15 is 0 Å². The summed E-state index contributed by atoms with van der Waals surface area (Å²) in [6.07, 6.45) is 1.17. The van der Waals surface area contributed by atoms with Gasteiger partial charge in [0.2, 0.25) is 15.9 Å². The van der Waals surface area contributed by atoms with Crippen LogP contribution < -0.4 is 4.31 Å². The highest BCUT2D eigenvalue weighted by Gasteiger charge is 2.30. The van der Waals surface area contributed by atoms with Crippen LogP contribution in [0.5, 0.6) is 0 Å². The number of anilines is 1. The first kappa shape index (κ1) is 19.5. The molecule has 2 rings (SSSR count). The number of rotatable bonds is 6. The van der Waals surface area contributed by atoms with Gasteiger partial charge in [-0.3, -0.25) is 9.48 Å². The number of thioether (sulfide) groups is 1. The second kappa shape index (κ2) is 7.61. The number of amides is 1. The van der Waals surface area contributed by atoms with Gasteiger partial charge in [0, 0.05) is 24.1 Å². The molecule has 0 radical (unpaired) electrons. The topological polar surface area (TPSA) is 72.3 Å². The van der Waals surface area contributed by atoms with Crippen molar-refractivity contribution in [2.45, 2.75) is 32.1 Å². The molecule has 0 saturated heterocycles. The lowest BCUT2D eigenvalue weighted by Gasteiger charge is -2.20. The van der Waals surface area contributed by atoms with Crippen molar-refractivity contribution in [1.82, 2.24) is 9.78 Å². The van der Waals surface area contributed by atoms with Crippen molar-refractivity contribution in [2.75, 3.05) is 16.3 Å². The van der Waals surface area contributed by atoms with E-state index < -0.39 is 15.9 Å². The molecule has 1 aromatic carbocycles. The van der Waals surface area contributed by atoms with Crippen LogP contribution in [0.1, 0.15) is 23.4 Å². The molecule has 8 heteroatoms. The number of carbonyl (C=O) groups is 1. The fourth-order valence-corrected chi connectivity index (χ4v) is 4.42. The summed E-state index contributed by atoms with van der Waals surface area (Å²) < 4.78 is 26.9. The van der Waals surface area contributed by atoms with Gasteiger partial charge in [0.1, 0.15) is 5.69 Å². The Morgan fingerprint density at radius 2 is 1.80 bits per heavy atom. The maximum atomic E-state index is 12.6. The summed E-state index contributed by atoms with van der Waals surface area (Å²) in [4.78, 5) is 13.7. The molecule has 2 aromatic rings. The van der Waals surface area contributed by atoms with Crippen molar-refractivity contribution in [1.29, 1.82) is 0 Å². The first-order chi connectivity index (χ1) is 11.6. The number of aromatic nitrogens is 2. The molecule has 0 saturated carbocycles. The predicted molar refractivity (Wildman–Crippen MR) is 102 cm³/mol. The lowest BCUT2D eigenvalue weighted by Crippen LogP contribution is -2.37. The van der Waals surface area contributed by atoms with Crippen molar-refractivity contribution in [2.24, 2.45) is 7.05 Å². The van der Waals surface area contributed by atoms with Crippen LogP contribution in [-0.2, 0) is 21.9 Å². The van der Waals surface area contributed by atoms with Gasteiger partial charge in [-0.1, -0.05) is 17.7 Å². The normalized spacial score (nSPS) is 11.6. The minimum Gasteiger partial charge on any atom is -0.273 e. The summed E-state index contributed by atoms with van der Waals surface area (Å²) >= 11 is 1.53. The van der Waals surface area contributed by atoms with Gasteiger partial charge >= 0.3 is 0 Å². The van der Waals surface area contributed by atoms with E-state index in [1.54, 1.807) is 25.6 Å². The Kier molecular flexibility index (Phi) is 5.95. The lowest BCUT2D eigenvalue weighted by atomic mass is 10.2. The van der Waals surface area contributed by atoms with Gasteiger partial charge < -0.3 is 0 Å². The average Bonchev–Trinajstić information content (AvgIpc) is 2.75. The quantitative estimate of drug-likeness (QED) is 0.720. The molecule has 0 unspecified atom stereocenters. The summed E-state index contributed by atoms with van der Waals surface area (Å²) in [5, 5.41) is 4.22. The first-order valence-corrected chi connectivity index (χ1v) is 10.7. The van der Waals surface area contributed by atoms with Crippen molar-refractivity contribution in [3.05, 3.63) is 41.2 Å². The highest BCUT2D eigenvalue weighted by Crippen LogP contribution is 2.28. The predicted octanol–water partition coefficient (Wildman–Crippen LogP) is 2.82. The lowest BCUT2D eigenvalue weighted by molar-refractivity contribution is -0.117. The number of sulfonamides is 1. The Hall–Kier alpha value is -1.80. The van der Waals surface area contributed by atoms with Crippen LogP contribution in [0.3, 0.4) is 0 Å². The zero-order chi connectivity index (χ0) is 18.8. The third-order valence-corrected chi connectivity index (χ3v) is 5.90. The largest absolute Gasteiger partial charge is 0.273 e. The van der Waals surface area contributed by atoms with E-state index in [9.17, 15) is 13.2 Å². The Morgan fingerprint density at radius 1 is 1.20 bits per heavy atom. The Bertz CT molecular complexity index is 871. The summed E-state index contributed by atoms with van der Waals surface area (Å²) in [6, 6.07) is 8.01. The van der Waals surface area contributed by atoms with Crippen LogP contribution >= 0.6 is 11.8 Å². The zero-order valence-corrected chi connectivity index (χ0v) is 16.7. The third-order valence-electron chi connectivity index (χ3n) is 3.84. The van der Waals surface area contributed by atoms with Crippen LogP contribution in [0.15, 0.2) is 29.2 Å². The van der Waals surface area contributed by atoms with E-state index in [0.717, 1.165) is 15.5 Å². The van der Waals surface area contributed by atoms with Gasteiger partial charge in [-0.2, -0.15) is 5.10 Å². The maximum Gasteiger partial charge on any atom is 0.241 e. The number of benzene rings is 1. The maximum absolute atomic E-state index is 12.6. The second-order valence-electron chi connectivity index (χ2n) is 5.98. The fourth-order valence-electron chi connectivity index (χ4n) is 2.52. The smallest absolute Gasteiger partial charge is 0.241 e. The van der Waals surface area contributed by atoms with Crippen LogP contribution in [0.4, 0.5) is 5.69 Å². The summed E-state index contributed by atoms with van der Waals surface area (Å²) in [5.74, 6) is 0.0630. The van der Waals surface area contributed by atoms with Crippen LogP contribution in [0.2, 0.25) is 0 Å². The van der Waals surface area contributed by atoms with Crippen molar-refractivity contribution < 1.29 is 13.2 Å². The molecule has 0 aliphatic heterocycles. The van der Waals surface area contributed by atoms with Crippen LogP contribution in [-0.4, -0.2) is 36.1 Å². The molecule has 0 bridgehead atoms. The van der Waals surface area contributed by atoms with Crippen molar-refractivity contribution in [3.63, 3.8) is 0 Å². The summed E-state index contributed by atoms with van der Waals surface area (Å²) in [7, 11) is -2.00. The SMILES string of the molecule is Cc1ccc(SCCC(=O)N(c2c(C)nn(C)c2C)S(C)(=O)=O)cc1. The van der Waals surface area contributed by atoms with Crippen molar-refractivity contribution in [3.8, 4) is 0 Å². The minimum absolute atomic E-state index is 0.124. The van der Waals surface area contributed by atoms with Gasteiger partial charge in [-0.15, -0.1) is 11.8 Å². The summed E-state index contributed by atoms with van der Waals surface area (Å²) in [5.41, 5.74) is 2.69. The average molecular weight is 382 g/mol. The molecule has 136 valence electrons. The van der Waals surface area contributed by atoms with Crippen molar-refractivity contribution >= 4 is 33.4 Å². The molecule has 1 amide bonds.